The van der Waals surface area contributed by atoms with Crippen molar-refractivity contribution in [2.24, 2.45) is 0 Å². The van der Waals surface area contributed by atoms with Crippen LogP contribution in [0.1, 0.15) is 24.5 Å². The molecule has 0 bridgehead atoms. The summed E-state index contributed by atoms with van der Waals surface area (Å²) < 4.78 is 0. The van der Waals surface area contributed by atoms with Crippen molar-refractivity contribution in [1.29, 1.82) is 0 Å². The predicted octanol–water partition coefficient (Wildman–Crippen LogP) is 2.20. The van der Waals surface area contributed by atoms with Gasteiger partial charge in [0, 0.05) is 24.6 Å². The van der Waals surface area contributed by atoms with Gasteiger partial charge in [0.1, 0.15) is 0 Å². The number of rotatable bonds is 1. The summed E-state index contributed by atoms with van der Waals surface area (Å²) in [5, 5.41) is 2.91. The molecular formula is C14H13NO2S. The third kappa shape index (κ3) is 3.38. The number of benzene rings is 1. The Morgan fingerprint density at radius 2 is 2.28 bits per heavy atom. The van der Waals surface area contributed by atoms with Crippen molar-refractivity contribution in [3.8, 4) is 11.8 Å². The number of hydrogen-bond acceptors (Lipinski definition) is 3. The highest BCUT2D eigenvalue weighted by Gasteiger charge is 2.13. The Morgan fingerprint density at radius 3 is 3.06 bits per heavy atom. The van der Waals surface area contributed by atoms with Crippen LogP contribution in [0.25, 0.3) is 0 Å². The lowest BCUT2D eigenvalue weighted by molar-refractivity contribution is -0.116. The fourth-order valence-corrected chi connectivity index (χ4v) is 2.08. The van der Waals surface area contributed by atoms with Gasteiger partial charge in [-0.1, -0.05) is 23.6 Å². The number of carbonyl (C=O) groups excluding carboxylic acids is 2. The second-order valence-corrected chi connectivity index (χ2v) is 5.15. The van der Waals surface area contributed by atoms with Crippen molar-refractivity contribution < 1.29 is 9.59 Å². The summed E-state index contributed by atoms with van der Waals surface area (Å²) in [4.78, 5) is 21.9. The quantitative estimate of drug-likeness (QED) is 0.786. The van der Waals surface area contributed by atoms with Crippen LogP contribution in [0.4, 0.5) is 5.69 Å². The first-order valence-electron chi connectivity index (χ1n) is 5.70. The number of anilines is 1. The molecule has 92 valence electrons. The van der Waals surface area contributed by atoms with Crippen molar-refractivity contribution in [3.63, 3.8) is 0 Å². The molecule has 4 heteroatoms. The molecule has 1 aliphatic rings. The van der Waals surface area contributed by atoms with E-state index in [0.717, 1.165) is 23.2 Å². The molecule has 0 saturated carbocycles. The number of fused-ring (bicyclic) bond motifs is 1. The SMILES string of the molecule is CC(=O)SCC#Cc1ccc2c(c1)CCC(=O)N2. The molecule has 1 aliphatic heterocycles. The van der Waals surface area contributed by atoms with Crippen LogP contribution >= 0.6 is 11.8 Å². The third-order valence-electron chi connectivity index (χ3n) is 2.58. The summed E-state index contributed by atoms with van der Waals surface area (Å²) in [6.07, 6.45) is 1.29. The zero-order valence-corrected chi connectivity index (χ0v) is 10.9. The van der Waals surface area contributed by atoms with Crippen LogP contribution in [0.15, 0.2) is 18.2 Å². The molecule has 18 heavy (non-hydrogen) atoms. The lowest BCUT2D eigenvalue weighted by atomic mass is 10.0. The first-order valence-corrected chi connectivity index (χ1v) is 6.69. The highest BCUT2D eigenvalue weighted by atomic mass is 32.2. The fraction of sp³-hybridized carbons (Fsp3) is 0.286. The van der Waals surface area contributed by atoms with E-state index in [1.165, 1.54) is 18.7 Å². The molecule has 1 amide bonds. The summed E-state index contributed by atoms with van der Waals surface area (Å²) >= 11 is 1.21. The van der Waals surface area contributed by atoms with Gasteiger partial charge in [-0.15, -0.1) is 0 Å². The van der Waals surface area contributed by atoms with Crippen LogP contribution in [0.3, 0.4) is 0 Å². The molecule has 1 aromatic rings. The highest BCUT2D eigenvalue weighted by molar-refractivity contribution is 8.13. The number of hydrogen-bond donors (Lipinski definition) is 1. The van der Waals surface area contributed by atoms with Gasteiger partial charge in [-0.3, -0.25) is 9.59 Å². The van der Waals surface area contributed by atoms with Crippen LogP contribution in [0.5, 0.6) is 0 Å². The smallest absolute Gasteiger partial charge is 0.224 e. The molecule has 1 N–H and O–H groups in total. The Labute approximate surface area is 110 Å². The van der Waals surface area contributed by atoms with Gasteiger partial charge < -0.3 is 5.32 Å². The minimum Gasteiger partial charge on any atom is -0.326 e. The molecule has 1 heterocycles. The second-order valence-electron chi connectivity index (χ2n) is 4.00. The summed E-state index contributed by atoms with van der Waals surface area (Å²) in [6.45, 7) is 1.54. The van der Waals surface area contributed by atoms with Gasteiger partial charge in [0.15, 0.2) is 5.12 Å². The van der Waals surface area contributed by atoms with Crippen molar-refractivity contribution in [1.82, 2.24) is 0 Å². The molecule has 0 aliphatic carbocycles. The maximum absolute atomic E-state index is 11.2. The van der Waals surface area contributed by atoms with Crippen molar-refractivity contribution in [3.05, 3.63) is 29.3 Å². The zero-order chi connectivity index (χ0) is 13.0. The molecule has 0 atom stereocenters. The van der Waals surface area contributed by atoms with E-state index < -0.39 is 0 Å². The first-order chi connectivity index (χ1) is 8.65. The normalized spacial score (nSPS) is 13.1. The maximum Gasteiger partial charge on any atom is 0.224 e. The molecule has 1 aromatic carbocycles. The van der Waals surface area contributed by atoms with E-state index >= 15 is 0 Å². The molecule has 0 spiro atoms. The minimum absolute atomic E-state index is 0.0687. The maximum atomic E-state index is 11.2. The molecule has 0 unspecified atom stereocenters. The van der Waals surface area contributed by atoms with E-state index in [1.54, 1.807) is 0 Å². The Hall–Kier alpha value is -1.73. The van der Waals surface area contributed by atoms with Crippen molar-refractivity contribution >= 4 is 28.5 Å². The Morgan fingerprint density at radius 1 is 1.44 bits per heavy atom. The molecular weight excluding hydrogens is 246 g/mol. The van der Waals surface area contributed by atoms with E-state index in [1.807, 2.05) is 18.2 Å². The fourth-order valence-electron chi connectivity index (χ4n) is 1.74. The third-order valence-corrected chi connectivity index (χ3v) is 3.28. The molecule has 0 fully saturated rings. The van der Waals surface area contributed by atoms with Crippen LogP contribution in [0, 0.1) is 11.8 Å². The van der Waals surface area contributed by atoms with Gasteiger partial charge in [0.05, 0.1) is 5.75 Å². The van der Waals surface area contributed by atoms with Gasteiger partial charge >= 0.3 is 0 Å². The molecule has 0 aromatic heterocycles. The van der Waals surface area contributed by atoms with Crippen molar-refractivity contribution in [2.75, 3.05) is 11.1 Å². The number of thioether (sulfide) groups is 1. The van der Waals surface area contributed by atoms with E-state index in [9.17, 15) is 9.59 Å². The lowest BCUT2D eigenvalue weighted by Crippen LogP contribution is -2.18. The zero-order valence-electron chi connectivity index (χ0n) is 10.1. The van der Waals surface area contributed by atoms with Crippen LogP contribution in [-0.2, 0) is 16.0 Å². The molecule has 0 radical (unpaired) electrons. The Balaban J connectivity index is 2.07. The highest BCUT2D eigenvalue weighted by Crippen LogP contribution is 2.23. The summed E-state index contributed by atoms with van der Waals surface area (Å²) in [6, 6.07) is 5.77. The van der Waals surface area contributed by atoms with Crippen LogP contribution < -0.4 is 5.32 Å². The summed E-state index contributed by atoms with van der Waals surface area (Å²) in [5.74, 6) is 6.56. The average molecular weight is 259 g/mol. The number of nitrogens with one attached hydrogen (secondary N) is 1. The van der Waals surface area contributed by atoms with Crippen molar-refractivity contribution in [2.45, 2.75) is 19.8 Å². The lowest BCUT2D eigenvalue weighted by Gasteiger charge is -2.16. The van der Waals surface area contributed by atoms with Gasteiger partial charge in [0.2, 0.25) is 5.91 Å². The van der Waals surface area contributed by atoms with E-state index in [-0.39, 0.29) is 11.0 Å². The Bertz CT molecular complexity index is 555. The first kappa shape index (κ1) is 12.7. The van der Waals surface area contributed by atoms with Gasteiger partial charge in [-0.2, -0.15) is 0 Å². The monoisotopic (exact) mass is 259 g/mol. The minimum atomic E-state index is 0.0687. The van der Waals surface area contributed by atoms with E-state index in [0.29, 0.717) is 12.2 Å². The van der Waals surface area contributed by atoms with Crippen LogP contribution in [-0.4, -0.2) is 16.8 Å². The van der Waals surface area contributed by atoms with Gasteiger partial charge in [0.25, 0.3) is 0 Å². The van der Waals surface area contributed by atoms with E-state index in [2.05, 4.69) is 17.2 Å². The molecule has 0 saturated heterocycles. The standard InChI is InChI=1S/C14H13NO2S/c1-10(16)18-8-2-3-11-4-6-13-12(9-11)5-7-14(17)15-13/h4,6,9H,5,7-8H2,1H3,(H,15,17). The van der Waals surface area contributed by atoms with Crippen LogP contribution in [0.2, 0.25) is 0 Å². The number of carbonyl (C=O) groups is 2. The van der Waals surface area contributed by atoms with Gasteiger partial charge in [-0.25, -0.2) is 0 Å². The summed E-state index contributed by atoms with van der Waals surface area (Å²) in [5.41, 5.74) is 2.93. The van der Waals surface area contributed by atoms with Gasteiger partial charge in [-0.05, 0) is 30.2 Å². The molecule has 2 rings (SSSR count). The van der Waals surface area contributed by atoms with E-state index in [4.69, 9.17) is 0 Å². The second kappa shape index (κ2) is 5.74. The topological polar surface area (TPSA) is 46.2 Å². The largest absolute Gasteiger partial charge is 0.326 e. The summed E-state index contributed by atoms with van der Waals surface area (Å²) in [7, 11) is 0. The number of aryl methyl sites for hydroxylation is 1. The Kier molecular flexibility index (Phi) is 4.06. The number of amides is 1. The average Bonchev–Trinajstić information content (AvgIpc) is 2.34. The predicted molar refractivity (Wildman–Crippen MR) is 73.4 cm³/mol. The molecule has 3 nitrogen and oxygen atoms in total.